The number of fused-ring (bicyclic) bond motifs is 1. The van der Waals surface area contributed by atoms with Gasteiger partial charge in [-0.3, -0.25) is 4.99 Å². The summed E-state index contributed by atoms with van der Waals surface area (Å²) in [6, 6.07) is 13.1. The third-order valence-electron chi connectivity index (χ3n) is 4.60. The molecule has 4 nitrogen and oxygen atoms in total. The molecule has 0 bridgehead atoms. The molecule has 0 atom stereocenters. The monoisotopic (exact) mass is 337 g/mol. The van der Waals surface area contributed by atoms with Crippen LogP contribution in [0.2, 0.25) is 0 Å². The van der Waals surface area contributed by atoms with Crippen LogP contribution >= 0.6 is 0 Å². The minimum Gasteiger partial charge on any atom is -0.493 e. The summed E-state index contributed by atoms with van der Waals surface area (Å²) in [6.07, 6.45) is 1.88. The molecule has 2 N–H and O–H groups in total. The van der Waals surface area contributed by atoms with Gasteiger partial charge in [-0.15, -0.1) is 0 Å². The van der Waals surface area contributed by atoms with E-state index in [-0.39, 0.29) is 0 Å². The number of hydrogen-bond acceptors (Lipinski definition) is 4. The number of hydrazine groups is 1. The van der Waals surface area contributed by atoms with Gasteiger partial charge < -0.3 is 10.2 Å². The van der Waals surface area contributed by atoms with E-state index < -0.39 is 0 Å². The van der Waals surface area contributed by atoms with Crippen LogP contribution in [0.15, 0.2) is 41.4 Å². The van der Waals surface area contributed by atoms with Crippen molar-refractivity contribution in [2.24, 2.45) is 10.9 Å². The number of benzene rings is 2. The maximum absolute atomic E-state index is 5.62. The molecule has 0 saturated carbocycles. The van der Waals surface area contributed by atoms with Gasteiger partial charge in [0.05, 0.1) is 12.3 Å². The highest BCUT2D eigenvalue weighted by molar-refractivity contribution is 6.02. The topological polar surface area (TPSA) is 45.7 Å². The fraction of sp³-hybridized carbons (Fsp3) is 0.381. The zero-order valence-electron chi connectivity index (χ0n) is 15.5. The molecule has 2 aromatic carbocycles. The first-order valence-corrected chi connectivity index (χ1v) is 8.89. The summed E-state index contributed by atoms with van der Waals surface area (Å²) >= 11 is 0. The minimum absolute atomic E-state index is 0.401. The Bertz CT molecular complexity index is 781. The first-order valence-electron chi connectivity index (χ1n) is 8.89. The van der Waals surface area contributed by atoms with Crippen molar-refractivity contribution in [3.05, 3.63) is 58.7 Å². The molecule has 25 heavy (non-hydrogen) atoms. The van der Waals surface area contributed by atoms with Crippen LogP contribution in [-0.2, 0) is 12.8 Å². The second-order valence-electron chi connectivity index (χ2n) is 6.73. The maximum atomic E-state index is 5.62. The van der Waals surface area contributed by atoms with E-state index in [1.54, 1.807) is 0 Å². The van der Waals surface area contributed by atoms with Crippen LogP contribution in [0.5, 0.6) is 5.75 Å². The first-order chi connectivity index (χ1) is 12.1. The van der Waals surface area contributed by atoms with Crippen molar-refractivity contribution in [3.63, 3.8) is 0 Å². The Hall–Kier alpha value is -2.33. The highest BCUT2D eigenvalue weighted by atomic mass is 16.5. The number of ether oxygens (including phenoxy) is 1. The summed E-state index contributed by atoms with van der Waals surface area (Å²) in [4.78, 5) is 4.49. The van der Waals surface area contributed by atoms with Crippen molar-refractivity contribution in [1.82, 2.24) is 5.43 Å². The Balaban J connectivity index is 1.94. The third kappa shape index (κ3) is 3.85. The predicted molar refractivity (Wildman–Crippen MR) is 105 cm³/mol. The Morgan fingerprint density at radius 1 is 1.20 bits per heavy atom. The van der Waals surface area contributed by atoms with E-state index in [9.17, 15) is 0 Å². The molecule has 0 unspecified atom stereocenters. The number of rotatable bonds is 6. The lowest BCUT2D eigenvalue weighted by Gasteiger charge is -2.16. The summed E-state index contributed by atoms with van der Waals surface area (Å²) in [5.74, 6) is 1.43. The van der Waals surface area contributed by atoms with Gasteiger partial charge in [0.25, 0.3) is 0 Å². The molecule has 3 rings (SSSR count). The van der Waals surface area contributed by atoms with Crippen molar-refractivity contribution in [2.45, 2.75) is 26.7 Å². The molecule has 1 aliphatic heterocycles. The SMILES string of the molecule is CN=C(c1ccc(NNC)c(Cc2ccc3c(c2)CCO3)c1)C(C)C. The predicted octanol–water partition coefficient (Wildman–Crippen LogP) is 3.83. The van der Waals surface area contributed by atoms with Crippen molar-refractivity contribution in [2.75, 3.05) is 26.1 Å². The standard InChI is InChI=1S/C21H27N3O/c1-14(2)21(22-3)17-6-7-19(24-23-4)18(13-17)12-15-5-8-20-16(11-15)9-10-25-20/h5-8,11,13-14,23-24H,9-10,12H2,1-4H3. The highest BCUT2D eigenvalue weighted by Crippen LogP contribution is 2.28. The fourth-order valence-electron chi connectivity index (χ4n) is 3.45. The van der Waals surface area contributed by atoms with Gasteiger partial charge in [-0.25, -0.2) is 5.43 Å². The lowest BCUT2D eigenvalue weighted by Crippen LogP contribution is -2.17. The molecule has 0 radical (unpaired) electrons. The van der Waals surface area contributed by atoms with Crippen LogP contribution in [0.25, 0.3) is 0 Å². The second-order valence-corrected chi connectivity index (χ2v) is 6.73. The lowest BCUT2D eigenvalue weighted by atomic mass is 9.94. The average Bonchev–Trinajstić information content (AvgIpc) is 3.05. The Kier molecular flexibility index (Phi) is 5.39. The molecule has 0 fully saturated rings. The summed E-state index contributed by atoms with van der Waals surface area (Å²) < 4.78 is 5.62. The minimum atomic E-state index is 0.401. The van der Waals surface area contributed by atoms with Gasteiger partial charge in [0.2, 0.25) is 0 Å². The van der Waals surface area contributed by atoms with E-state index in [0.717, 1.165) is 36.6 Å². The second kappa shape index (κ2) is 7.70. The van der Waals surface area contributed by atoms with Gasteiger partial charge in [0.1, 0.15) is 5.75 Å². The smallest absolute Gasteiger partial charge is 0.122 e. The molecule has 0 aromatic heterocycles. The van der Waals surface area contributed by atoms with E-state index in [4.69, 9.17) is 4.74 Å². The Morgan fingerprint density at radius 3 is 2.76 bits per heavy atom. The van der Waals surface area contributed by atoms with Gasteiger partial charge in [0, 0.05) is 26.2 Å². The molecule has 0 aliphatic carbocycles. The summed E-state index contributed by atoms with van der Waals surface area (Å²) in [5.41, 5.74) is 13.6. The highest BCUT2D eigenvalue weighted by Gasteiger charge is 2.14. The van der Waals surface area contributed by atoms with Crippen LogP contribution in [0.1, 0.15) is 36.1 Å². The van der Waals surface area contributed by atoms with Crippen molar-refractivity contribution in [1.29, 1.82) is 0 Å². The molecule has 0 saturated heterocycles. The zero-order chi connectivity index (χ0) is 17.8. The Morgan fingerprint density at radius 2 is 2.04 bits per heavy atom. The fourth-order valence-corrected chi connectivity index (χ4v) is 3.45. The molecule has 0 spiro atoms. The Labute approximate surface area is 150 Å². The molecule has 1 heterocycles. The van der Waals surface area contributed by atoms with Gasteiger partial charge in [-0.05, 0) is 52.8 Å². The maximum Gasteiger partial charge on any atom is 0.122 e. The average molecular weight is 337 g/mol. The summed E-state index contributed by atoms with van der Waals surface area (Å²) in [5, 5.41) is 0. The van der Waals surface area contributed by atoms with E-state index in [2.05, 4.69) is 66.1 Å². The number of anilines is 1. The van der Waals surface area contributed by atoms with Gasteiger partial charge >= 0.3 is 0 Å². The normalized spacial score (nSPS) is 13.7. The number of aliphatic imine (C=N–C) groups is 1. The zero-order valence-corrected chi connectivity index (χ0v) is 15.5. The largest absolute Gasteiger partial charge is 0.493 e. The number of nitrogens with zero attached hydrogens (tertiary/aromatic N) is 1. The van der Waals surface area contributed by atoms with E-state index >= 15 is 0 Å². The first kappa shape index (κ1) is 17.5. The van der Waals surface area contributed by atoms with Gasteiger partial charge in [0.15, 0.2) is 0 Å². The van der Waals surface area contributed by atoms with Gasteiger partial charge in [-0.1, -0.05) is 32.0 Å². The number of nitrogens with one attached hydrogen (secondary N) is 2. The number of hydrogen-bond donors (Lipinski definition) is 2. The van der Waals surface area contributed by atoms with Crippen molar-refractivity contribution < 1.29 is 4.74 Å². The van der Waals surface area contributed by atoms with Gasteiger partial charge in [-0.2, -0.15) is 0 Å². The molecule has 4 heteroatoms. The quantitative estimate of drug-likeness (QED) is 0.622. The molecule has 0 amide bonds. The molecule has 1 aliphatic rings. The van der Waals surface area contributed by atoms with Crippen molar-refractivity contribution >= 4 is 11.4 Å². The lowest BCUT2D eigenvalue weighted by molar-refractivity contribution is 0.357. The van der Waals surface area contributed by atoms with E-state index in [0.29, 0.717) is 5.92 Å². The summed E-state index contributed by atoms with van der Waals surface area (Å²) in [7, 11) is 3.76. The molecule has 2 aromatic rings. The van der Waals surface area contributed by atoms with Crippen LogP contribution in [0.3, 0.4) is 0 Å². The van der Waals surface area contributed by atoms with E-state index in [1.165, 1.54) is 22.3 Å². The summed E-state index contributed by atoms with van der Waals surface area (Å²) in [6.45, 7) is 5.16. The van der Waals surface area contributed by atoms with Crippen LogP contribution < -0.4 is 15.6 Å². The van der Waals surface area contributed by atoms with Crippen LogP contribution in [-0.4, -0.2) is 26.4 Å². The molecule has 132 valence electrons. The third-order valence-corrected chi connectivity index (χ3v) is 4.60. The van der Waals surface area contributed by atoms with Crippen LogP contribution in [0.4, 0.5) is 5.69 Å². The van der Waals surface area contributed by atoms with E-state index in [1.807, 2.05) is 14.1 Å². The molecular formula is C21H27N3O. The molecular weight excluding hydrogens is 310 g/mol. The van der Waals surface area contributed by atoms with Crippen molar-refractivity contribution in [3.8, 4) is 5.75 Å². The van der Waals surface area contributed by atoms with Crippen LogP contribution in [0, 0.1) is 5.92 Å².